The van der Waals surface area contributed by atoms with E-state index in [1.807, 2.05) is 0 Å². The van der Waals surface area contributed by atoms with E-state index in [4.69, 9.17) is 0 Å². The van der Waals surface area contributed by atoms with Crippen molar-refractivity contribution in [3.05, 3.63) is 7.43 Å². The lowest BCUT2D eigenvalue weighted by atomic mass is 10.3. The minimum absolute atomic E-state index is 0. The first kappa shape index (κ1) is 7.14. The molecule has 1 heterocycles. The zero-order valence-corrected chi connectivity index (χ0v) is 4.23. The summed E-state index contributed by atoms with van der Waals surface area (Å²) in [6.45, 7) is 0.525. The fourth-order valence-electron chi connectivity index (χ4n) is 0.502. The second-order valence-corrected chi connectivity index (χ2v) is 1.43. The predicted octanol–water partition coefficient (Wildman–Crippen LogP) is -0.843. The molecule has 0 spiro atoms. The van der Waals surface area contributed by atoms with Crippen molar-refractivity contribution in [2.45, 2.75) is 6.42 Å². The maximum absolute atomic E-state index is 10.2. The molecule has 0 unspecified atom stereocenters. The predicted molar refractivity (Wildman–Crippen MR) is 25.9 cm³/mol. The molecule has 1 N–H and O–H groups in total. The van der Waals surface area contributed by atoms with E-state index in [-0.39, 0.29) is 13.2 Å². The second kappa shape index (κ2) is 2.45. The third-order valence-electron chi connectivity index (χ3n) is 0.891. The summed E-state index contributed by atoms with van der Waals surface area (Å²) in [5.74, 6) is -0.722. The van der Waals surface area contributed by atoms with Crippen LogP contribution < -0.4 is 5.32 Å². The van der Waals surface area contributed by atoms with Crippen LogP contribution in [0.3, 0.4) is 0 Å². The van der Waals surface area contributed by atoms with Crippen LogP contribution in [0.1, 0.15) is 6.42 Å². The third-order valence-corrected chi connectivity index (χ3v) is 0.891. The summed E-state index contributed by atoms with van der Waals surface area (Å²) >= 11 is 0. The summed E-state index contributed by atoms with van der Waals surface area (Å²) in [6.07, 6.45) is 0.374. The Balaban J connectivity index is 0.000000490. The lowest BCUT2D eigenvalue weighted by molar-refractivity contribution is -0.135. The van der Waals surface area contributed by atoms with Gasteiger partial charge in [-0.25, -0.2) is 0 Å². The summed E-state index contributed by atoms with van der Waals surface area (Å²) in [5.41, 5.74) is 0. The molecule has 0 aromatic carbocycles. The van der Waals surface area contributed by atoms with Crippen LogP contribution in [0.5, 0.6) is 0 Å². The average molecular weight is 111 g/mol. The Labute approximate surface area is 48.1 Å². The van der Waals surface area contributed by atoms with Gasteiger partial charge in [0.15, 0.2) is 0 Å². The van der Waals surface area contributed by atoms with Crippen LogP contribution in [0.15, 0.2) is 0 Å². The molecule has 1 aliphatic rings. The molecule has 3 heteroatoms. The number of hydrogen-bond donors (Lipinski definition) is 1. The summed E-state index contributed by atoms with van der Waals surface area (Å²) < 4.78 is 0. The Morgan fingerprint density at radius 2 is 2.00 bits per heavy atom. The van der Waals surface area contributed by atoms with Crippen LogP contribution in [0.25, 0.3) is 0 Å². The first-order chi connectivity index (χ1) is 3.30. The van der Waals surface area contributed by atoms with E-state index in [9.17, 15) is 9.59 Å². The monoisotopic (exact) mass is 111 g/mol. The Hall–Kier alpha value is -0.860. The van der Waals surface area contributed by atoms with Crippen molar-refractivity contribution in [2.75, 3.05) is 6.54 Å². The molecule has 0 atom stereocenters. The molecule has 0 bridgehead atoms. The minimum atomic E-state index is -0.431. The Kier molecular flexibility index (Phi) is 2.19. The molecule has 8 heavy (non-hydrogen) atoms. The highest BCUT2D eigenvalue weighted by molar-refractivity contribution is 6.37. The maximum atomic E-state index is 10.2. The van der Waals surface area contributed by atoms with Gasteiger partial charge in [0.2, 0.25) is 5.78 Å². The highest BCUT2D eigenvalue weighted by Crippen LogP contribution is 1.88. The first-order valence-corrected chi connectivity index (χ1v) is 2.12. The summed E-state index contributed by atoms with van der Waals surface area (Å²) in [4.78, 5) is 20.3. The molecule has 0 aliphatic carbocycles. The lowest BCUT2D eigenvalue weighted by Crippen LogP contribution is -2.18. The van der Waals surface area contributed by atoms with Crippen LogP contribution in [0.4, 0.5) is 0 Å². The largest absolute Gasteiger partial charge is 0.349 e. The van der Waals surface area contributed by atoms with Gasteiger partial charge in [0.25, 0.3) is 5.91 Å². The zero-order chi connectivity index (χ0) is 5.28. The fourth-order valence-corrected chi connectivity index (χ4v) is 0.502. The van der Waals surface area contributed by atoms with Gasteiger partial charge in [0.05, 0.1) is 0 Å². The van der Waals surface area contributed by atoms with E-state index in [1.54, 1.807) is 0 Å². The number of carbonyl (C=O) groups excluding carboxylic acids is 2. The van der Waals surface area contributed by atoms with Crippen molar-refractivity contribution in [1.29, 1.82) is 0 Å². The van der Waals surface area contributed by atoms with Gasteiger partial charge in [-0.1, -0.05) is 0 Å². The van der Waals surface area contributed by atoms with Crippen LogP contribution in [0.2, 0.25) is 0 Å². The van der Waals surface area contributed by atoms with Gasteiger partial charge in [0.1, 0.15) is 0 Å². The smallest absolute Gasteiger partial charge is 0.287 e. The average Bonchev–Trinajstić information content (AvgIpc) is 1.91. The van der Waals surface area contributed by atoms with Gasteiger partial charge in [-0.05, 0) is 0 Å². The molecule has 1 amide bonds. The quantitative estimate of drug-likeness (QED) is 0.414. The molecule has 1 aliphatic heterocycles. The molecule has 3 nitrogen and oxygen atoms in total. The maximum Gasteiger partial charge on any atom is 0.287 e. The van der Waals surface area contributed by atoms with Gasteiger partial charge in [-0.2, -0.15) is 0 Å². The number of hydrogen-bond acceptors (Lipinski definition) is 2. The molecular formula is C5H5NO2. The van der Waals surface area contributed by atoms with Gasteiger partial charge in [-0.15, -0.1) is 0 Å². The van der Waals surface area contributed by atoms with Crippen molar-refractivity contribution >= 4 is 11.7 Å². The number of rotatable bonds is 0. The van der Waals surface area contributed by atoms with Gasteiger partial charge in [-0.3, -0.25) is 9.59 Å². The number of Topliss-reactive ketones (excluding diaryl/α,β-unsaturated/α-hetero) is 1. The Morgan fingerprint density at radius 3 is 2.12 bits per heavy atom. The first-order valence-electron chi connectivity index (χ1n) is 2.12. The van der Waals surface area contributed by atoms with E-state index in [2.05, 4.69) is 5.32 Å². The normalized spacial score (nSPS) is 17.5. The van der Waals surface area contributed by atoms with Crippen LogP contribution in [0, 0.1) is 7.43 Å². The summed E-state index contributed by atoms with van der Waals surface area (Å²) in [5, 5.41) is 2.38. The minimum Gasteiger partial charge on any atom is -0.349 e. The van der Waals surface area contributed by atoms with E-state index < -0.39 is 5.91 Å². The van der Waals surface area contributed by atoms with E-state index in [0.717, 1.165) is 0 Å². The topological polar surface area (TPSA) is 46.2 Å². The van der Waals surface area contributed by atoms with Crippen molar-refractivity contribution < 1.29 is 9.59 Å². The van der Waals surface area contributed by atoms with Crippen molar-refractivity contribution in [2.24, 2.45) is 0 Å². The van der Waals surface area contributed by atoms with Crippen LogP contribution >= 0.6 is 0 Å². The van der Waals surface area contributed by atoms with Crippen molar-refractivity contribution in [3.8, 4) is 0 Å². The summed E-state index contributed by atoms with van der Waals surface area (Å²) in [6, 6.07) is 0. The second-order valence-electron chi connectivity index (χ2n) is 1.43. The molecule has 1 fully saturated rings. The molecule has 0 aromatic rings. The van der Waals surface area contributed by atoms with Gasteiger partial charge >= 0.3 is 0 Å². The molecule has 4 radical (unpaired) electrons. The number of amides is 1. The Morgan fingerprint density at radius 1 is 1.38 bits per heavy atom. The van der Waals surface area contributed by atoms with E-state index in [0.29, 0.717) is 13.0 Å². The third kappa shape index (κ3) is 1.05. The van der Waals surface area contributed by atoms with Crippen molar-refractivity contribution in [3.63, 3.8) is 0 Å². The zero-order valence-electron chi connectivity index (χ0n) is 4.23. The van der Waals surface area contributed by atoms with Crippen LogP contribution in [-0.2, 0) is 9.59 Å². The highest BCUT2D eigenvalue weighted by atomic mass is 16.2. The lowest BCUT2D eigenvalue weighted by Gasteiger charge is -1.78. The van der Waals surface area contributed by atoms with Crippen molar-refractivity contribution in [1.82, 2.24) is 5.32 Å². The van der Waals surface area contributed by atoms with E-state index >= 15 is 0 Å². The number of carbonyl (C=O) groups is 2. The molecule has 42 valence electrons. The van der Waals surface area contributed by atoms with Gasteiger partial charge < -0.3 is 5.32 Å². The van der Waals surface area contributed by atoms with Gasteiger partial charge in [0, 0.05) is 20.4 Å². The Bertz CT molecular complexity index is 106. The molecule has 0 saturated carbocycles. The summed E-state index contributed by atoms with van der Waals surface area (Å²) in [7, 11) is 0. The standard InChI is InChI=1S/C4H5NO2.C/c6-3-1-2-5-4(3)7;/h1-2H2,(H,5,7);. The van der Waals surface area contributed by atoms with E-state index in [1.165, 1.54) is 0 Å². The highest BCUT2D eigenvalue weighted by Gasteiger charge is 2.18. The fraction of sp³-hybridized carbons (Fsp3) is 0.400. The number of ketones is 1. The van der Waals surface area contributed by atoms with Crippen LogP contribution in [-0.4, -0.2) is 18.2 Å². The molecule has 1 saturated heterocycles. The molecule has 1 rings (SSSR count). The molecular weight excluding hydrogens is 106 g/mol. The SMILES string of the molecule is O=C1CCNC1=O.[C]. The molecule has 0 aromatic heterocycles. The number of nitrogens with one attached hydrogen (secondary N) is 1.